The fourth-order valence-electron chi connectivity index (χ4n) is 1.49. The molecular formula is C11H13N3O2S2. The molecule has 0 aliphatic carbocycles. The second-order valence-electron chi connectivity index (χ2n) is 3.88. The Balaban J connectivity index is 2.09. The number of nitrogens with zero attached hydrogens (tertiary/aromatic N) is 3. The van der Waals surface area contributed by atoms with Crippen LogP contribution < -0.4 is 0 Å². The molecule has 1 N–H and O–H groups in total. The van der Waals surface area contributed by atoms with Crippen LogP contribution in [0.2, 0.25) is 0 Å². The minimum Gasteiger partial charge on any atom is -0.481 e. The highest BCUT2D eigenvalue weighted by molar-refractivity contribution is 7.99. The molecule has 0 atom stereocenters. The van der Waals surface area contributed by atoms with E-state index in [1.54, 1.807) is 17.7 Å². The second kappa shape index (κ2) is 5.53. The van der Waals surface area contributed by atoms with Gasteiger partial charge in [0, 0.05) is 9.75 Å². The molecule has 0 fully saturated rings. The number of rotatable bonds is 5. The lowest BCUT2D eigenvalue weighted by atomic mass is 10.3. The van der Waals surface area contributed by atoms with Crippen molar-refractivity contribution in [1.29, 1.82) is 0 Å². The molecule has 0 bridgehead atoms. The van der Waals surface area contributed by atoms with Crippen LogP contribution in [-0.4, -0.2) is 31.6 Å². The van der Waals surface area contributed by atoms with Gasteiger partial charge in [-0.1, -0.05) is 11.8 Å². The first-order valence-corrected chi connectivity index (χ1v) is 7.15. The third-order valence-corrected chi connectivity index (χ3v) is 4.55. The van der Waals surface area contributed by atoms with E-state index >= 15 is 0 Å². The van der Waals surface area contributed by atoms with Gasteiger partial charge in [-0.05, 0) is 25.5 Å². The smallest absolute Gasteiger partial charge is 0.313 e. The van der Waals surface area contributed by atoms with Crippen molar-refractivity contribution in [3.8, 4) is 0 Å². The van der Waals surface area contributed by atoms with E-state index in [0.29, 0.717) is 11.7 Å². The van der Waals surface area contributed by atoms with Gasteiger partial charge in [0.15, 0.2) is 5.16 Å². The van der Waals surface area contributed by atoms with Crippen molar-refractivity contribution >= 4 is 29.1 Å². The molecule has 0 aromatic carbocycles. The van der Waals surface area contributed by atoms with Gasteiger partial charge in [-0.15, -0.1) is 21.5 Å². The zero-order valence-electron chi connectivity index (χ0n) is 10.1. The first kappa shape index (κ1) is 13.1. The van der Waals surface area contributed by atoms with Gasteiger partial charge >= 0.3 is 5.97 Å². The summed E-state index contributed by atoms with van der Waals surface area (Å²) in [5, 5.41) is 17.1. The Hall–Kier alpha value is -1.34. The molecule has 2 aromatic heterocycles. The van der Waals surface area contributed by atoms with Crippen LogP contribution in [0.15, 0.2) is 17.6 Å². The highest BCUT2D eigenvalue weighted by Gasteiger charge is 2.09. The van der Waals surface area contributed by atoms with Crippen LogP contribution in [0.3, 0.4) is 0 Å². The van der Waals surface area contributed by atoms with Crippen LogP contribution in [-0.2, 0) is 11.3 Å². The van der Waals surface area contributed by atoms with Crippen LogP contribution in [0.25, 0.3) is 0 Å². The van der Waals surface area contributed by atoms with E-state index in [1.807, 2.05) is 4.57 Å². The Labute approximate surface area is 113 Å². The lowest BCUT2D eigenvalue weighted by Gasteiger charge is -2.02. The monoisotopic (exact) mass is 283 g/mol. The zero-order chi connectivity index (χ0) is 13.1. The van der Waals surface area contributed by atoms with E-state index in [0.717, 1.165) is 0 Å². The largest absolute Gasteiger partial charge is 0.481 e. The maximum Gasteiger partial charge on any atom is 0.313 e. The first-order chi connectivity index (χ1) is 8.56. The maximum atomic E-state index is 10.5. The van der Waals surface area contributed by atoms with Gasteiger partial charge in [0.2, 0.25) is 0 Å². The molecular weight excluding hydrogens is 270 g/mol. The average molecular weight is 283 g/mol. The molecule has 2 aromatic rings. The summed E-state index contributed by atoms with van der Waals surface area (Å²) in [5.41, 5.74) is 1.28. The van der Waals surface area contributed by atoms with Gasteiger partial charge in [0.1, 0.15) is 6.33 Å². The number of aryl methyl sites for hydroxylation is 2. The summed E-state index contributed by atoms with van der Waals surface area (Å²) in [6, 6.07) is 2.14. The van der Waals surface area contributed by atoms with Crippen molar-refractivity contribution in [2.75, 3.05) is 5.75 Å². The lowest BCUT2D eigenvalue weighted by molar-refractivity contribution is -0.133. The molecule has 0 aliphatic heterocycles. The minimum atomic E-state index is -0.850. The number of thiophene rings is 1. The molecule has 0 saturated heterocycles. The van der Waals surface area contributed by atoms with E-state index in [9.17, 15) is 4.79 Å². The highest BCUT2D eigenvalue weighted by Crippen LogP contribution is 2.23. The topological polar surface area (TPSA) is 68.0 Å². The summed E-state index contributed by atoms with van der Waals surface area (Å²) in [6.07, 6.45) is 1.63. The quantitative estimate of drug-likeness (QED) is 0.852. The Morgan fingerprint density at radius 2 is 2.33 bits per heavy atom. The van der Waals surface area contributed by atoms with Crippen molar-refractivity contribution in [3.05, 3.63) is 27.7 Å². The van der Waals surface area contributed by atoms with Gasteiger partial charge < -0.3 is 9.67 Å². The molecule has 0 saturated carbocycles. The summed E-state index contributed by atoms with van der Waals surface area (Å²) < 4.78 is 1.87. The van der Waals surface area contributed by atoms with Crippen LogP contribution in [0, 0.1) is 13.8 Å². The Bertz CT molecular complexity index is 543. The first-order valence-electron chi connectivity index (χ1n) is 5.34. The number of hydrogen-bond acceptors (Lipinski definition) is 5. The number of carboxylic acid groups (broad SMARTS) is 1. The fourth-order valence-corrected chi connectivity index (χ4v) is 3.17. The summed E-state index contributed by atoms with van der Waals surface area (Å²) in [7, 11) is 0. The number of carbonyl (C=O) groups is 1. The zero-order valence-corrected chi connectivity index (χ0v) is 11.7. The number of thioether (sulfide) groups is 1. The number of aliphatic carboxylic acids is 1. The molecule has 0 radical (unpaired) electrons. The summed E-state index contributed by atoms with van der Waals surface area (Å²) in [4.78, 5) is 13.1. The predicted octanol–water partition coefficient (Wildman–Crippen LogP) is 2.18. The van der Waals surface area contributed by atoms with E-state index in [-0.39, 0.29) is 5.75 Å². The summed E-state index contributed by atoms with van der Waals surface area (Å²) >= 11 is 2.93. The summed E-state index contributed by atoms with van der Waals surface area (Å²) in [6.45, 7) is 4.87. The molecule has 7 heteroatoms. The molecule has 0 unspecified atom stereocenters. The second-order valence-corrected chi connectivity index (χ2v) is 6.16. The standard InChI is InChI=1S/C11H13N3O2S2/c1-7-3-9(18-8(7)2)4-14-6-12-13-11(14)17-5-10(15)16/h3,6H,4-5H2,1-2H3,(H,15,16). The molecule has 0 spiro atoms. The van der Waals surface area contributed by atoms with Crippen LogP contribution in [0.4, 0.5) is 0 Å². The lowest BCUT2D eigenvalue weighted by Crippen LogP contribution is -2.02. The van der Waals surface area contributed by atoms with Crippen LogP contribution >= 0.6 is 23.1 Å². The van der Waals surface area contributed by atoms with Gasteiger partial charge in [-0.2, -0.15) is 0 Å². The van der Waals surface area contributed by atoms with E-state index in [1.165, 1.54) is 27.1 Å². The van der Waals surface area contributed by atoms with Gasteiger partial charge in [0.25, 0.3) is 0 Å². The van der Waals surface area contributed by atoms with E-state index in [4.69, 9.17) is 5.11 Å². The number of aromatic nitrogens is 3. The highest BCUT2D eigenvalue weighted by atomic mass is 32.2. The van der Waals surface area contributed by atoms with E-state index < -0.39 is 5.97 Å². The molecule has 2 heterocycles. The van der Waals surface area contributed by atoms with Crippen molar-refractivity contribution in [2.45, 2.75) is 25.5 Å². The predicted molar refractivity (Wildman–Crippen MR) is 71.3 cm³/mol. The minimum absolute atomic E-state index is 0.00118. The third kappa shape index (κ3) is 3.11. The Morgan fingerprint density at radius 1 is 1.56 bits per heavy atom. The maximum absolute atomic E-state index is 10.5. The van der Waals surface area contributed by atoms with Crippen LogP contribution in [0.1, 0.15) is 15.3 Å². The Kier molecular flexibility index (Phi) is 4.03. The molecule has 5 nitrogen and oxygen atoms in total. The molecule has 2 rings (SSSR count). The van der Waals surface area contributed by atoms with Crippen LogP contribution in [0.5, 0.6) is 0 Å². The van der Waals surface area contributed by atoms with Crippen molar-refractivity contribution in [3.63, 3.8) is 0 Å². The van der Waals surface area contributed by atoms with Gasteiger partial charge in [-0.3, -0.25) is 4.79 Å². The molecule has 0 aliphatic rings. The molecule has 96 valence electrons. The number of carboxylic acids is 1. The van der Waals surface area contributed by atoms with Crippen molar-refractivity contribution in [2.24, 2.45) is 0 Å². The van der Waals surface area contributed by atoms with E-state index in [2.05, 4.69) is 30.1 Å². The molecule has 0 amide bonds. The molecule has 18 heavy (non-hydrogen) atoms. The van der Waals surface area contributed by atoms with Gasteiger partial charge in [-0.25, -0.2) is 0 Å². The number of hydrogen-bond donors (Lipinski definition) is 1. The third-order valence-electron chi connectivity index (χ3n) is 2.45. The van der Waals surface area contributed by atoms with Crippen molar-refractivity contribution < 1.29 is 9.90 Å². The summed E-state index contributed by atoms with van der Waals surface area (Å²) in [5.74, 6) is -0.848. The average Bonchev–Trinajstić information content (AvgIpc) is 2.85. The fraction of sp³-hybridized carbons (Fsp3) is 0.364. The normalized spacial score (nSPS) is 10.8. The van der Waals surface area contributed by atoms with Crippen molar-refractivity contribution in [1.82, 2.24) is 14.8 Å². The SMILES string of the molecule is Cc1cc(Cn2cnnc2SCC(=O)O)sc1C. The van der Waals surface area contributed by atoms with Gasteiger partial charge in [0.05, 0.1) is 12.3 Å². The Morgan fingerprint density at radius 3 is 2.94 bits per heavy atom.